The molecule has 0 amide bonds. The number of esters is 1. The number of carbonyl (C=O) groups is 1. The second-order valence-corrected chi connectivity index (χ2v) is 4.50. The lowest BCUT2D eigenvalue weighted by molar-refractivity contribution is -0.145. The Morgan fingerprint density at radius 2 is 1.95 bits per heavy atom. The van der Waals surface area contributed by atoms with Gasteiger partial charge in [0.15, 0.2) is 0 Å². The van der Waals surface area contributed by atoms with Gasteiger partial charge >= 0.3 is 5.97 Å². The van der Waals surface area contributed by atoms with Crippen molar-refractivity contribution in [1.29, 1.82) is 0 Å². The van der Waals surface area contributed by atoms with Gasteiger partial charge in [-0.25, -0.2) is 0 Å². The molecule has 0 heterocycles. The highest BCUT2D eigenvalue weighted by Gasteiger charge is 2.09. The van der Waals surface area contributed by atoms with Crippen LogP contribution in [-0.2, 0) is 9.53 Å². The fourth-order valence-corrected chi connectivity index (χ4v) is 1.66. The molecule has 0 aliphatic carbocycles. The van der Waals surface area contributed by atoms with Crippen molar-refractivity contribution >= 4 is 11.7 Å². The summed E-state index contributed by atoms with van der Waals surface area (Å²) >= 11 is 0. The van der Waals surface area contributed by atoms with Crippen LogP contribution >= 0.6 is 0 Å². The first-order chi connectivity index (χ1) is 9.17. The predicted molar refractivity (Wildman–Crippen MR) is 76.0 cm³/mol. The summed E-state index contributed by atoms with van der Waals surface area (Å²) in [4.78, 5) is 11.5. The van der Waals surface area contributed by atoms with E-state index in [9.17, 15) is 4.79 Å². The van der Waals surface area contributed by atoms with Gasteiger partial charge in [0.2, 0.25) is 0 Å². The lowest BCUT2D eigenvalue weighted by atomic mass is 10.1. The molecule has 0 bridgehead atoms. The van der Waals surface area contributed by atoms with Gasteiger partial charge in [-0.3, -0.25) is 4.79 Å². The Kier molecular flexibility index (Phi) is 6.79. The summed E-state index contributed by atoms with van der Waals surface area (Å²) < 4.78 is 10.6. The van der Waals surface area contributed by atoms with E-state index in [4.69, 9.17) is 15.2 Å². The molecule has 4 nitrogen and oxygen atoms in total. The summed E-state index contributed by atoms with van der Waals surface area (Å²) in [5.74, 6) is 0.839. The minimum absolute atomic E-state index is 0.221. The fraction of sp³-hybridized carbons (Fsp3) is 0.533. The van der Waals surface area contributed by atoms with Crippen molar-refractivity contribution in [1.82, 2.24) is 0 Å². The van der Waals surface area contributed by atoms with E-state index < -0.39 is 0 Å². The van der Waals surface area contributed by atoms with Gasteiger partial charge in [-0.15, -0.1) is 0 Å². The number of hydrogen-bond donors (Lipinski definition) is 1. The van der Waals surface area contributed by atoms with Crippen LogP contribution in [0.5, 0.6) is 5.75 Å². The number of rotatable bonds is 8. The Labute approximate surface area is 114 Å². The number of carbonyl (C=O) groups excluding carboxylic acids is 1. The number of para-hydroxylation sites is 2. The first-order valence-corrected chi connectivity index (χ1v) is 6.80. The molecular formula is C15H23NO3. The van der Waals surface area contributed by atoms with E-state index in [2.05, 4.69) is 13.8 Å². The van der Waals surface area contributed by atoms with Crippen molar-refractivity contribution in [3.8, 4) is 5.75 Å². The molecule has 106 valence electrons. The van der Waals surface area contributed by atoms with Crippen molar-refractivity contribution in [2.24, 2.45) is 5.92 Å². The molecule has 0 unspecified atom stereocenters. The second-order valence-electron chi connectivity index (χ2n) is 4.50. The second kappa shape index (κ2) is 8.40. The molecule has 0 aliphatic rings. The van der Waals surface area contributed by atoms with Crippen LogP contribution < -0.4 is 10.5 Å². The zero-order chi connectivity index (χ0) is 14.1. The first-order valence-electron chi connectivity index (χ1n) is 6.80. The molecule has 0 fully saturated rings. The largest absolute Gasteiger partial charge is 0.491 e. The van der Waals surface area contributed by atoms with E-state index in [1.165, 1.54) is 0 Å². The maximum atomic E-state index is 11.5. The third-order valence-electron chi connectivity index (χ3n) is 3.12. The molecule has 0 aliphatic heterocycles. The van der Waals surface area contributed by atoms with Gasteiger partial charge in [-0.2, -0.15) is 0 Å². The molecule has 1 rings (SSSR count). The predicted octanol–water partition coefficient (Wildman–Crippen LogP) is 3.02. The zero-order valence-electron chi connectivity index (χ0n) is 11.7. The van der Waals surface area contributed by atoms with Crippen LogP contribution in [0, 0.1) is 5.92 Å². The average Bonchev–Trinajstić information content (AvgIpc) is 2.42. The molecule has 0 saturated heterocycles. The molecule has 0 spiro atoms. The van der Waals surface area contributed by atoms with Crippen molar-refractivity contribution in [3.05, 3.63) is 24.3 Å². The third-order valence-corrected chi connectivity index (χ3v) is 3.12. The highest BCUT2D eigenvalue weighted by molar-refractivity contribution is 5.69. The smallest absolute Gasteiger partial charge is 0.309 e. The van der Waals surface area contributed by atoms with E-state index in [0.717, 1.165) is 12.8 Å². The SMILES string of the molecule is CCC(CC)COC(=O)CCOc1ccccc1N. The van der Waals surface area contributed by atoms with Crippen LogP contribution in [0.3, 0.4) is 0 Å². The number of hydrogen-bond acceptors (Lipinski definition) is 4. The summed E-state index contributed by atoms with van der Waals surface area (Å²) in [5.41, 5.74) is 6.31. The normalized spacial score (nSPS) is 10.5. The number of nitrogen functional groups attached to an aromatic ring is 1. The quantitative estimate of drug-likeness (QED) is 0.579. The Morgan fingerprint density at radius 1 is 1.26 bits per heavy atom. The van der Waals surface area contributed by atoms with Crippen molar-refractivity contribution < 1.29 is 14.3 Å². The Morgan fingerprint density at radius 3 is 2.58 bits per heavy atom. The van der Waals surface area contributed by atoms with E-state index in [1.807, 2.05) is 12.1 Å². The summed E-state index contributed by atoms with van der Waals surface area (Å²) in [6, 6.07) is 7.23. The molecule has 0 radical (unpaired) electrons. The maximum absolute atomic E-state index is 11.5. The Bertz CT molecular complexity index is 389. The molecule has 1 aromatic carbocycles. The molecule has 19 heavy (non-hydrogen) atoms. The van der Waals surface area contributed by atoms with Crippen LogP contribution in [0.25, 0.3) is 0 Å². The highest BCUT2D eigenvalue weighted by Crippen LogP contribution is 2.19. The van der Waals surface area contributed by atoms with Crippen LogP contribution in [0.1, 0.15) is 33.1 Å². The van der Waals surface area contributed by atoms with E-state index >= 15 is 0 Å². The standard InChI is InChI=1S/C15H23NO3/c1-3-12(4-2)11-19-15(17)9-10-18-14-8-6-5-7-13(14)16/h5-8,12H,3-4,9-11,16H2,1-2H3. The van der Waals surface area contributed by atoms with E-state index in [1.54, 1.807) is 12.1 Å². The van der Waals surface area contributed by atoms with Gasteiger partial charge in [-0.1, -0.05) is 38.8 Å². The number of benzene rings is 1. The number of ether oxygens (including phenoxy) is 2. The first kappa shape index (κ1) is 15.3. The maximum Gasteiger partial charge on any atom is 0.309 e. The zero-order valence-corrected chi connectivity index (χ0v) is 11.7. The van der Waals surface area contributed by atoms with Gasteiger partial charge in [0.05, 0.1) is 25.3 Å². The highest BCUT2D eigenvalue weighted by atomic mass is 16.5. The van der Waals surface area contributed by atoms with E-state index in [0.29, 0.717) is 24.0 Å². The lowest BCUT2D eigenvalue weighted by Crippen LogP contribution is -2.15. The van der Waals surface area contributed by atoms with Crippen LogP contribution in [-0.4, -0.2) is 19.2 Å². The Hall–Kier alpha value is -1.71. The molecule has 0 aromatic heterocycles. The van der Waals surface area contributed by atoms with Gasteiger partial charge in [0.1, 0.15) is 5.75 Å². The van der Waals surface area contributed by atoms with Crippen molar-refractivity contribution in [3.63, 3.8) is 0 Å². The fourth-order valence-electron chi connectivity index (χ4n) is 1.66. The summed E-state index contributed by atoms with van der Waals surface area (Å²) in [5, 5.41) is 0. The van der Waals surface area contributed by atoms with Gasteiger partial charge < -0.3 is 15.2 Å². The van der Waals surface area contributed by atoms with Crippen LogP contribution in [0.15, 0.2) is 24.3 Å². The molecule has 4 heteroatoms. The molecule has 0 atom stereocenters. The molecule has 0 saturated carbocycles. The van der Waals surface area contributed by atoms with Gasteiger partial charge in [-0.05, 0) is 18.1 Å². The molecular weight excluding hydrogens is 242 g/mol. The monoisotopic (exact) mass is 265 g/mol. The lowest BCUT2D eigenvalue weighted by Gasteiger charge is -2.13. The van der Waals surface area contributed by atoms with Gasteiger partial charge in [0, 0.05) is 0 Å². The van der Waals surface area contributed by atoms with Gasteiger partial charge in [0.25, 0.3) is 0 Å². The third kappa shape index (κ3) is 5.64. The summed E-state index contributed by atoms with van der Waals surface area (Å²) in [6.07, 6.45) is 2.30. The van der Waals surface area contributed by atoms with Crippen molar-refractivity contribution in [2.45, 2.75) is 33.1 Å². The van der Waals surface area contributed by atoms with Crippen LogP contribution in [0.2, 0.25) is 0 Å². The minimum Gasteiger partial charge on any atom is -0.491 e. The number of anilines is 1. The minimum atomic E-state index is -0.221. The molecule has 2 N–H and O–H groups in total. The van der Waals surface area contributed by atoms with Crippen molar-refractivity contribution in [2.75, 3.05) is 18.9 Å². The van der Waals surface area contributed by atoms with E-state index in [-0.39, 0.29) is 19.0 Å². The number of nitrogens with two attached hydrogens (primary N) is 1. The summed E-state index contributed by atoms with van der Waals surface area (Å²) in [7, 11) is 0. The Balaban J connectivity index is 2.22. The summed E-state index contributed by atoms with van der Waals surface area (Å²) in [6.45, 7) is 4.99. The topological polar surface area (TPSA) is 61.5 Å². The van der Waals surface area contributed by atoms with Crippen LogP contribution in [0.4, 0.5) is 5.69 Å². The molecule has 1 aromatic rings. The average molecular weight is 265 g/mol.